The van der Waals surface area contributed by atoms with Gasteiger partial charge in [0.05, 0.1) is 28.8 Å². The van der Waals surface area contributed by atoms with Gasteiger partial charge in [0.1, 0.15) is 0 Å². The molecule has 2 aliphatic rings. The smallest absolute Gasteiger partial charge is 0.226 e. The van der Waals surface area contributed by atoms with Gasteiger partial charge >= 0.3 is 0 Å². The van der Waals surface area contributed by atoms with E-state index in [2.05, 4.69) is 28.6 Å². The van der Waals surface area contributed by atoms with E-state index in [4.69, 9.17) is 14.7 Å². The lowest BCUT2D eigenvalue weighted by Gasteiger charge is -2.30. The Bertz CT molecular complexity index is 1370. The normalized spacial score (nSPS) is 18.0. The van der Waals surface area contributed by atoms with Crippen molar-refractivity contribution in [3.8, 4) is 17.1 Å². The molecule has 5 rings (SSSR count). The number of piperidine rings is 2. The Morgan fingerprint density at radius 2 is 1.84 bits per heavy atom. The maximum absolute atomic E-state index is 12.1. The molecule has 5 heterocycles. The van der Waals surface area contributed by atoms with Crippen molar-refractivity contribution in [3.05, 3.63) is 28.3 Å². The van der Waals surface area contributed by atoms with Gasteiger partial charge in [-0.1, -0.05) is 6.92 Å². The van der Waals surface area contributed by atoms with Gasteiger partial charge in [-0.3, -0.25) is 4.90 Å². The Labute approximate surface area is 224 Å². The zero-order chi connectivity index (χ0) is 26.2. The van der Waals surface area contributed by atoms with Gasteiger partial charge in [0, 0.05) is 53.7 Å². The summed E-state index contributed by atoms with van der Waals surface area (Å²) in [5.74, 6) is 1.75. The summed E-state index contributed by atoms with van der Waals surface area (Å²) in [5, 5.41) is 0. The van der Waals surface area contributed by atoms with Crippen LogP contribution in [0.3, 0.4) is 0 Å². The van der Waals surface area contributed by atoms with Crippen LogP contribution in [0.2, 0.25) is 0 Å². The molecule has 0 radical (unpaired) electrons. The van der Waals surface area contributed by atoms with Crippen LogP contribution in [0, 0.1) is 12.8 Å². The third-order valence-electron chi connectivity index (χ3n) is 7.53. The van der Waals surface area contributed by atoms with Crippen LogP contribution < -0.4 is 9.64 Å². The summed E-state index contributed by atoms with van der Waals surface area (Å²) in [6.45, 7) is 9.56. The molecule has 8 nitrogen and oxygen atoms in total. The number of nitrogens with zero attached hydrogens (tertiary/aromatic N) is 5. The van der Waals surface area contributed by atoms with E-state index >= 15 is 0 Å². The number of aromatic nitrogens is 3. The van der Waals surface area contributed by atoms with Crippen LogP contribution >= 0.6 is 11.3 Å². The average Bonchev–Trinajstić information content (AvgIpc) is 3.19. The fourth-order valence-electron chi connectivity index (χ4n) is 5.38. The van der Waals surface area contributed by atoms with Crippen molar-refractivity contribution in [2.75, 3.05) is 44.4 Å². The highest BCUT2D eigenvalue weighted by Crippen LogP contribution is 2.39. The number of likely N-dealkylation sites (tertiary alicyclic amines) is 1. The van der Waals surface area contributed by atoms with E-state index in [-0.39, 0.29) is 5.75 Å². The van der Waals surface area contributed by atoms with Gasteiger partial charge in [-0.15, -0.1) is 11.3 Å². The molecular formula is C27H37N5O3S2. The molecule has 2 aliphatic heterocycles. The van der Waals surface area contributed by atoms with Crippen LogP contribution in [-0.4, -0.2) is 67.8 Å². The fraction of sp³-hybridized carbons (Fsp3) is 0.593. The summed E-state index contributed by atoms with van der Waals surface area (Å²) in [4.78, 5) is 20.8. The van der Waals surface area contributed by atoms with Crippen LogP contribution in [0.25, 0.3) is 21.5 Å². The second-order valence-electron chi connectivity index (χ2n) is 10.7. The summed E-state index contributed by atoms with van der Waals surface area (Å²) < 4.78 is 30.7. The largest absolute Gasteiger partial charge is 0.481 e. The zero-order valence-corrected chi connectivity index (χ0v) is 23.9. The van der Waals surface area contributed by atoms with Gasteiger partial charge in [-0.25, -0.2) is 23.4 Å². The van der Waals surface area contributed by atoms with Gasteiger partial charge in [-0.2, -0.15) is 0 Å². The van der Waals surface area contributed by atoms with E-state index in [0.29, 0.717) is 11.4 Å². The minimum Gasteiger partial charge on any atom is -0.481 e. The van der Waals surface area contributed by atoms with E-state index in [0.717, 1.165) is 78.9 Å². The Balaban J connectivity index is 1.63. The molecule has 0 saturated carbocycles. The molecule has 0 N–H and O–H groups in total. The second-order valence-corrected chi connectivity index (χ2v) is 14.0. The molecule has 0 aliphatic carbocycles. The number of sulfone groups is 1. The van der Waals surface area contributed by atoms with Crippen molar-refractivity contribution < 1.29 is 13.2 Å². The van der Waals surface area contributed by atoms with Crippen LogP contribution in [0.15, 0.2) is 12.3 Å². The molecule has 2 fully saturated rings. The highest BCUT2D eigenvalue weighted by atomic mass is 32.2. The number of rotatable bonds is 7. The monoisotopic (exact) mass is 543 g/mol. The van der Waals surface area contributed by atoms with Gasteiger partial charge in [0.2, 0.25) is 11.8 Å². The van der Waals surface area contributed by atoms with Gasteiger partial charge in [0.15, 0.2) is 9.84 Å². The van der Waals surface area contributed by atoms with Gasteiger partial charge in [-0.05, 0) is 64.1 Å². The molecule has 0 aromatic carbocycles. The fourth-order valence-corrected chi connectivity index (χ4v) is 7.27. The number of fused-ring (bicyclic) bond motifs is 1. The third-order valence-corrected chi connectivity index (χ3v) is 9.51. The molecule has 0 bridgehead atoms. The number of hydrogen-bond donors (Lipinski definition) is 0. The molecule has 200 valence electrons. The Hall–Kier alpha value is -2.30. The maximum atomic E-state index is 12.1. The van der Waals surface area contributed by atoms with E-state index in [1.165, 1.54) is 43.1 Å². The summed E-state index contributed by atoms with van der Waals surface area (Å²) in [7, 11) is -1.75. The number of methoxy groups -OCH3 is 1. The molecule has 0 unspecified atom stereocenters. The summed E-state index contributed by atoms with van der Waals surface area (Å²) >= 11 is 1.73. The lowest BCUT2D eigenvalue weighted by Crippen LogP contribution is -2.32. The highest BCUT2D eigenvalue weighted by Gasteiger charge is 2.25. The van der Waals surface area contributed by atoms with Crippen molar-refractivity contribution >= 4 is 37.3 Å². The van der Waals surface area contributed by atoms with Crippen molar-refractivity contribution in [2.24, 2.45) is 5.92 Å². The lowest BCUT2D eigenvalue weighted by atomic mass is 9.99. The molecule has 10 heteroatoms. The predicted molar refractivity (Wildman–Crippen MR) is 150 cm³/mol. The van der Waals surface area contributed by atoms with Gasteiger partial charge in [0.25, 0.3) is 0 Å². The first-order valence-corrected chi connectivity index (χ1v) is 16.1. The molecule has 3 aromatic heterocycles. The topological polar surface area (TPSA) is 88.5 Å². The zero-order valence-electron chi connectivity index (χ0n) is 22.3. The number of hydrogen-bond acceptors (Lipinski definition) is 9. The molecule has 0 amide bonds. The highest BCUT2D eigenvalue weighted by molar-refractivity contribution is 7.89. The van der Waals surface area contributed by atoms with Crippen molar-refractivity contribution in [1.29, 1.82) is 0 Å². The Kier molecular flexibility index (Phi) is 7.70. The molecular weight excluding hydrogens is 506 g/mol. The van der Waals surface area contributed by atoms with E-state index in [1.54, 1.807) is 17.5 Å². The minimum atomic E-state index is -3.26. The van der Waals surface area contributed by atoms with Crippen LogP contribution in [0.5, 0.6) is 5.88 Å². The van der Waals surface area contributed by atoms with E-state index in [1.807, 2.05) is 6.07 Å². The van der Waals surface area contributed by atoms with E-state index < -0.39 is 9.84 Å². The van der Waals surface area contributed by atoms with E-state index in [9.17, 15) is 8.42 Å². The quantitative estimate of drug-likeness (QED) is 0.418. The summed E-state index contributed by atoms with van der Waals surface area (Å²) in [6.07, 6.45) is 8.96. The Morgan fingerprint density at radius 3 is 2.51 bits per heavy atom. The molecule has 37 heavy (non-hydrogen) atoms. The van der Waals surface area contributed by atoms with Crippen molar-refractivity contribution in [2.45, 2.75) is 58.2 Å². The first-order chi connectivity index (χ1) is 17.7. The molecule has 0 atom stereocenters. The summed E-state index contributed by atoms with van der Waals surface area (Å²) in [6, 6.07) is 1.87. The first-order valence-electron chi connectivity index (χ1n) is 13.2. The average molecular weight is 544 g/mol. The standard InChI is InChI=1S/C27H37N5O3S2/c1-18-8-12-31(13-9-18)16-22-19(2)36-25-23(29-27(30-24(22)25)32-10-6-5-7-11-32)20-14-21(17-37(4,33)34)26(35-3)28-15-20/h14-15,18H,5-13,16-17H2,1-4H3. The lowest BCUT2D eigenvalue weighted by molar-refractivity contribution is 0.185. The number of aryl methyl sites for hydroxylation is 1. The minimum absolute atomic E-state index is 0.133. The molecule has 0 spiro atoms. The second kappa shape index (κ2) is 10.8. The van der Waals surface area contributed by atoms with Crippen LogP contribution in [-0.2, 0) is 22.1 Å². The number of pyridine rings is 1. The van der Waals surface area contributed by atoms with Crippen molar-refractivity contribution in [1.82, 2.24) is 19.9 Å². The number of ether oxygens (including phenoxy) is 1. The van der Waals surface area contributed by atoms with Crippen molar-refractivity contribution in [3.63, 3.8) is 0 Å². The number of anilines is 1. The van der Waals surface area contributed by atoms with Crippen LogP contribution in [0.4, 0.5) is 5.95 Å². The summed E-state index contributed by atoms with van der Waals surface area (Å²) in [5.41, 5.74) is 4.47. The molecule has 3 aromatic rings. The van der Waals surface area contributed by atoms with Crippen LogP contribution in [0.1, 0.15) is 55.0 Å². The predicted octanol–water partition coefficient (Wildman–Crippen LogP) is 4.84. The Morgan fingerprint density at radius 1 is 1.11 bits per heavy atom. The molecule has 2 saturated heterocycles. The number of thiophene rings is 1. The third kappa shape index (κ3) is 5.91. The maximum Gasteiger partial charge on any atom is 0.226 e. The SMILES string of the molecule is COc1ncc(-c2nc(N3CCCCC3)nc3c(CN4CCC(C)CC4)c(C)sc23)cc1CS(C)(=O)=O. The first kappa shape index (κ1) is 26.3. The van der Waals surface area contributed by atoms with Gasteiger partial charge < -0.3 is 9.64 Å².